The minimum absolute atomic E-state index is 0.0618. The lowest BCUT2D eigenvalue weighted by Gasteiger charge is -2.13. The van der Waals surface area contributed by atoms with Crippen LogP contribution in [-0.2, 0) is 4.79 Å². The van der Waals surface area contributed by atoms with Crippen molar-refractivity contribution in [2.45, 2.75) is 18.9 Å². The molecule has 1 aromatic heterocycles. The molecule has 0 bridgehead atoms. The highest BCUT2D eigenvalue weighted by Crippen LogP contribution is 2.29. The molecule has 5 nitrogen and oxygen atoms in total. The van der Waals surface area contributed by atoms with E-state index in [4.69, 9.17) is 15.6 Å². The number of hydrogen-bond acceptors (Lipinski definition) is 3. The van der Waals surface area contributed by atoms with E-state index in [-0.39, 0.29) is 12.5 Å². The molecule has 0 aliphatic rings. The summed E-state index contributed by atoms with van der Waals surface area (Å²) in [5, 5.41) is 9.65. The highest BCUT2D eigenvalue weighted by molar-refractivity contribution is 5.86. The standard InChI is InChI=1S/C13H16N2O3/c1-18-12-7-8(10(14)2-3-13(16)17)6-11-9(12)4-5-15-11/h4-7,10,15H,2-3,14H2,1H3,(H,16,17). The summed E-state index contributed by atoms with van der Waals surface area (Å²) in [6.07, 6.45) is 2.30. The zero-order chi connectivity index (χ0) is 13.1. The Morgan fingerprint density at radius 2 is 2.33 bits per heavy atom. The van der Waals surface area contributed by atoms with E-state index in [1.807, 2.05) is 24.4 Å². The molecular formula is C13H16N2O3. The molecule has 1 aromatic carbocycles. The van der Waals surface area contributed by atoms with Gasteiger partial charge < -0.3 is 20.6 Å². The quantitative estimate of drug-likeness (QED) is 0.755. The van der Waals surface area contributed by atoms with Crippen LogP contribution in [0.4, 0.5) is 0 Å². The molecule has 96 valence electrons. The number of benzene rings is 1. The van der Waals surface area contributed by atoms with Crippen molar-refractivity contribution in [2.24, 2.45) is 5.73 Å². The summed E-state index contributed by atoms with van der Waals surface area (Å²) >= 11 is 0. The average Bonchev–Trinajstić information content (AvgIpc) is 2.82. The van der Waals surface area contributed by atoms with Gasteiger partial charge in [-0.15, -0.1) is 0 Å². The van der Waals surface area contributed by atoms with E-state index in [1.165, 1.54) is 0 Å². The Bertz CT molecular complexity index is 562. The fraction of sp³-hybridized carbons (Fsp3) is 0.308. The van der Waals surface area contributed by atoms with Gasteiger partial charge in [0, 0.05) is 29.6 Å². The molecule has 0 saturated carbocycles. The van der Waals surface area contributed by atoms with Crippen LogP contribution in [0.3, 0.4) is 0 Å². The van der Waals surface area contributed by atoms with Gasteiger partial charge in [0.15, 0.2) is 0 Å². The van der Waals surface area contributed by atoms with Crippen LogP contribution in [0.15, 0.2) is 24.4 Å². The predicted molar refractivity (Wildman–Crippen MR) is 68.6 cm³/mol. The number of fused-ring (bicyclic) bond motifs is 1. The van der Waals surface area contributed by atoms with Gasteiger partial charge in [-0.2, -0.15) is 0 Å². The van der Waals surface area contributed by atoms with Crippen LogP contribution in [0.1, 0.15) is 24.4 Å². The molecule has 0 spiro atoms. The number of carboxylic acids is 1. The van der Waals surface area contributed by atoms with Crippen LogP contribution in [-0.4, -0.2) is 23.2 Å². The summed E-state index contributed by atoms with van der Waals surface area (Å²) < 4.78 is 5.31. The molecule has 18 heavy (non-hydrogen) atoms. The summed E-state index contributed by atoms with van der Waals surface area (Å²) in [7, 11) is 1.61. The lowest BCUT2D eigenvalue weighted by atomic mass is 10.0. The third-order valence-electron chi connectivity index (χ3n) is 2.97. The van der Waals surface area contributed by atoms with Gasteiger partial charge in [0.2, 0.25) is 0 Å². The maximum atomic E-state index is 10.5. The highest BCUT2D eigenvalue weighted by Gasteiger charge is 2.12. The van der Waals surface area contributed by atoms with E-state index in [9.17, 15) is 4.79 Å². The van der Waals surface area contributed by atoms with E-state index in [0.717, 1.165) is 22.2 Å². The van der Waals surface area contributed by atoms with Crippen LogP contribution >= 0.6 is 0 Å². The molecule has 1 heterocycles. The molecule has 1 unspecified atom stereocenters. The summed E-state index contributed by atoms with van der Waals surface area (Å²) in [5.74, 6) is -0.0899. The first-order valence-electron chi connectivity index (χ1n) is 5.74. The Hall–Kier alpha value is -2.01. The average molecular weight is 248 g/mol. The number of methoxy groups -OCH3 is 1. The molecule has 0 aliphatic heterocycles. The number of aromatic amines is 1. The Morgan fingerprint density at radius 1 is 1.56 bits per heavy atom. The second-order valence-electron chi connectivity index (χ2n) is 4.20. The Labute approximate surface area is 105 Å². The normalized spacial score (nSPS) is 12.6. The summed E-state index contributed by atoms with van der Waals surface area (Å²) in [6, 6.07) is 5.43. The van der Waals surface area contributed by atoms with Gasteiger partial charge in [-0.3, -0.25) is 4.79 Å². The minimum Gasteiger partial charge on any atom is -0.496 e. The predicted octanol–water partition coefficient (Wildman–Crippen LogP) is 2.04. The molecule has 2 aromatic rings. The number of hydrogen-bond donors (Lipinski definition) is 3. The van der Waals surface area contributed by atoms with Crippen molar-refractivity contribution in [3.05, 3.63) is 30.0 Å². The lowest BCUT2D eigenvalue weighted by molar-refractivity contribution is -0.137. The van der Waals surface area contributed by atoms with Crippen molar-refractivity contribution < 1.29 is 14.6 Å². The van der Waals surface area contributed by atoms with Crippen LogP contribution in [0.5, 0.6) is 5.75 Å². The molecule has 0 fully saturated rings. The maximum absolute atomic E-state index is 10.5. The van der Waals surface area contributed by atoms with Crippen LogP contribution in [0.25, 0.3) is 10.9 Å². The summed E-state index contributed by atoms with van der Waals surface area (Å²) in [5.41, 5.74) is 7.81. The topological polar surface area (TPSA) is 88.3 Å². The molecule has 0 amide bonds. The molecule has 5 heteroatoms. The van der Waals surface area contributed by atoms with Crippen molar-refractivity contribution in [1.82, 2.24) is 4.98 Å². The number of H-pyrrole nitrogens is 1. The van der Waals surface area contributed by atoms with Gasteiger partial charge in [-0.05, 0) is 30.2 Å². The van der Waals surface area contributed by atoms with Crippen molar-refractivity contribution in [1.29, 1.82) is 0 Å². The van der Waals surface area contributed by atoms with Crippen molar-refractivity contribution in [3.8, 4) is 5.75 Å². The number of aliphatic carboxylic acids is 1. The second-order valence-corrected chi connectivity index (χ2v) is 4.20. The number of ether oxygens (including phenoxy) is 1. The zero-order valence-electron chi connectivity index (χ0n) is 10.1. The van der Waals surface area contributed by atoms with Gasteiger partial charge in [0.05, 0.1) is 7.11 Å². The van der Waals surface area contributed by atoms with Gasteiger partial charge in [0.1, 0.15) is 5.75 Å². The van der Waals surface area contributed by atoms with Gasteiger partial charge in [-0.25, -0.2) is 0 Å². The first-order valence-corrected chi connectivity index (χ1v) is 5.74. The van der Waals surface area contributed by atoms with Crippen LogP contribution < -0.4 is 10.5 Å². The van der Waals surface area contributed by atoms with E-state index < -0.39 is 5.97 Å². The first-order chi connectivity index (χ1) is 8.61. The third kappa shape index (κ3) is 2.46. The lowest BCUT2D eigenvalue weighted by Crippen LogP contribution is -2.12. The van der Waals surface area contributed by atoms with Gasteiger partial charge in [-0.1, -0.05) is 0 Å². The summed E-state index contributed by atoms with van der Waals surface area (Å²) in [4.78, 5) is 13.6. The van der Waals surface area contributed by atoms with E-state index >= 15 is 0 Å². The number of nitrogens with one attached hydrogen (secondary N) is 1. The van der Waals surface area contributed by atoms with Crippen molar-refractivity contribution >= 4 is 16.9 Å². The largest absolute Gasteiger partial charge is 0.496 e. The fourth-order valence-electron chi connectivity index (χ4n) is 1.98. The molecular weight excluding hydrogens is 232 g/mol. The number of aromatic nitrogens is 1. The molecule has 2 rings (SSSR count). The Kier molecular flexibility index (Phi) is 3.53. The van der Waals surface area contributed by atoms with Crippen molar-refractivity contribution in [3.63, 3.8) is 0 Å². The highest BCUT2D eigenvalue weighted by atomic mass is 16.5. The molecule has 0 aliphatic carbocycles. The Balaban J connectivity index is 2.29. The maximum Gasteiger partial charge on any atom is 0.303 e. The van der Waals surface area contributed by atoms with Gasteiger partial charge >= 0.3 is 5.97 Å². The summed E-state index contributed by atoms with van der Waals surface area (Å²) in [6.45, 7) is 0. The molecule has 0 saturated heterocycles. The fourth-order valence-corrected chi connectivity index (χ4v) is 1.98. The molecule has 1 atom stereocenters. The third-order valence-corrected chi connectivity index (χ3v) is 2.97. The monoisotopic (exact) mass is 248 g/mol. The number of carboxylic acid groups (broad SMARTS) is 1. The minimum atomic E-state index is -0.835. The first kappa shape index (κ1) is 12.4. The van der Waals surface area contributed by atoms with E-state index in [0.29, 0.717) is 6.42 Å². The zero-order valence-corrected chi connectivity index (χ0v) is 10.1. The number of carbonyl (C=O) groups is 1. The SMILES string of the molecule is COc1cc(C(N)CCC(=O)O)cc2[nH]ccc12. The molecule has 4 N–H and O–H groups in total. The van der Waals surface area contributed by atoms with Crippen LogP contribution in [0, 0.1) is 0 Å². The van der Waals surface area contributed by atoms with Crippen LogP contribution in [0.2, 0.25) is 0 Å². The Morgan fingerprint density at radius 3 is 3.00 bits per heavy atom. The molecule has 0 radical (unpaired) electrons. The van der Waals surface area contributed by atoms with Crippen molar-refractivity contribution in [2.75, 3.05) is 7.11 Å². The second kappa shape index (κ2) is 5.10. The van der Waals surface area contributed by atoms with Gasteiger partial charge in [0.25, 0.3) is 0 Å². The smallest absolute Gasteiger partial charge is 0.303 e. The number of rotatable bonds is 5. The van der Waals surface area contributed by atoms with E-state index in [1.54, 1.807) is 7.11 Å². The van der Waals surface area contributed by atoms with E-state index in [2.05, 4.69) is 4.98 Å². The number of nitrogens with two attached hydrogens (primary N) is 1.